The third-order valence-corrected chi connectivity index (χ3v) is 2.07. The highest BCUT2D eigenvalue weighted by Gasteiger charge is 2.08. The van der Waals surface area contributed by atoms with Crippen molar-refractivity contribution in [3.63, 3.8) is 0 Å². The number of nitrogens with zero attached hydrogens (tertiary/aromatic N) is 1. The fourth-order valence-corrected chi connectivity index (χ4v) is 1.20. The normalized spacial score (nSPS) is 9.47. The summed E-state index contributed by atoms with van der Waals surface area (Å²) in [6.45, 7) is 0. The van der Waals surface area contributed by atoms with Gasteiger partial charge in [0.25, 0.3) is 0 Å². The van der Waals surface area contributed by atoms with Gasteiger partial charge in [-0.1, -0.05) is 18.2 Å². The maximum atomic E-state index is 11.5. The molecule has 0 atom stereocenters. The number of rotatable bonds is 4. The molecule has 0 spiro atoms. The lowest BCUT2D eigenvalue weighted by atomic mass is 10.1. The van der Waals surface area contributed by atoms with Crippen molar-refractivity contribution < 1.29 is 9.59 Å². The fourth-order valence-electron chi connectivity index (χ4n) is 1.20. The Kier molecular flexibility index (Phi) is 3.85. The van der Waals surface area contributed by atoms with Crippen LogP contribution in [0.25, 0.3) is 0 Å². The maximum absolute atomic E-state index is 11.5. The molecule has 0 saturated heterocycles. The van der Waals surface area contributed by atoms with Crippen LogP contribution < -0.4 is 5.32 Å². The highest BCUT2D eigenvalue weighted by atomic mass is 16.2. The number of amides is 2. The van der Waals surface area contributed by atoms with E-state index in [1.807, 2.05) is 18.2 Å². The van der Waals surface area contributed by atoms with Gasteiger partial charge in [0.2, 0.25) is 12.3 Å². The first-order chi connectivity index (χ1) is 7.15. The molecule has 0 aliphatic rings. The molecular weight excluding hydrogens is 192 g/mol. The molecule has 4 heteroatoms. The Hall–Kier alpha value is -1.84. The zero-order valence-electron chi connectivity index (χ0n) is 8.86. The third kappa shape index (κ3) is 3.09. The molecule has 0 aromatic heterocycles. The molecule has 4 nitrogen and oxygen atoms in total. The summed E-state index contributed by atoms with van der Waals surface area (Å²) in [5.74, 6) is 0.00940. The number of hydrogen-bond donors (Lipinski definition) is 1. The first-order valence-electron chi connectivity index (χ1n) is 4.63. The molecule has 1 rings (SSSR count). The molecule has 0 aliphatic heterocycles. The Morgan fingerprint density at radius 2 is 2.07 bits per heavy atom. The van der Waals surface area contributed by atoms with E-state index in [4.69, 9.17) is 0 Å². The molecular formula is C11H14N2O2. The highest BCUT2D eigenvalue weighted by molar-refractivity contribution is 5.82. The number of anilines is 1. The minimum atomic E-state index is 0.00940. The number of benzene rings is 1. The Morgan fingerprint density at radius 1 is 1.40 bits per heavy atom. The number of carbonyl (C=O) groups is 2. The Balaban J connectivity index is 2.83. The van der Waals surface area contributed by atoms with Crippen LogP contribution in [0.15, 0.2) is 24.3 Å². The first kappa shape index (κ1) is 11.2. The first-order valence-corrected chi connectivity index (χ1v) is 4.63. The van der Waals surface area contributed by atoms with Crippen LogP contribution in [0.1, 0.15) is 5.56 Å². The Labute approximate surface area is 88.9 Å². The summed E-state index contributed by atoms with van der Waals surface area (Å²) in [5, 5.41) is 2.57. The van der Waals surface area contributed by atoms with Crippen LogP contribution in [-0.2, 0) is 16.0 Å². The van der Waals surface area contributed by atoms with Gasteiger partial charge in [-0.15, -0.1) is 0 Å². The van der Waals surface area contributed by atoms with Gasteiger partial charge in [-0.05, 0) is 11.6 Å². The maximum Gasteiger partial charge on any atom is 0.226 e. The standard InChI is InChI=1S/C11H14N2O2/c1-13(2)11(15)7-9-5-3-4-6-10(9)12-8-14/h3-6,8H,7H2,1-2H3,(H,12,14). The van der Waals surface area contributed by atoms with E-state index in [1.54, 1.807) is 20.2 Å². The predicted octanol–water partition coefficient (Wildman–Crippen LogP) is 0.886. The van der Waals surface area contributed by atoms with Crippen LogP contribution in [0.3, 0.4) is 0 Å². The van der Waals surface area contributed by atoms with Gasteiger partial charge in [-0.25, -0.2) is 0 Å². The van der Waals surface area contributed by atoms with Crippen molar-refractivity contribution in [2.75, 3.05) is 19.4 Å². The highest BCUT2D eigenvalue weighted by Crippen LogP contribution is 2.15. The molecule has 0 aliphatic carbocycles. The van der Waals surface area contributed by atoms with E-state index in [9.17, 15) is 9.59 Å². The summed E-state index contributed by atoms with van der Waals surface area (Å²) < 4.78 is 0. The van der Waals surface area contributed by atoms with Gasteiger partial charge in [-0.2, -0.15) is 0 Å². The quantitative estimate of drug-likeness (QED) is 0.744. The average Bonchev–Trinajstić information content (AvgIpc) is 2.21. The zero-order chi connectivity index (χ0) is 11.3. The molecule has 2 amide bonds. The van der Waals surface area contributed by atoms with Crippen LogP contribution >= 0.6 is 0 Å². The van der Waals surface area contributed by atoms with Crippen molar-refractivity contribution in [2.45, 2.75) is 6.42 Å². The van der Waals surface area contributed by atoms with Gasteiger partial charge < -0.3 is 10.2 Å². The molecule has 0 unspecified atom stereocenters. The SMILES string of the molecule is CN(C)C(=O)Cc1ccccc1NC=O. The van der Waals surface area contributed by atoms with Gasteiger partial charge >= 0.3 is 0 Å². The number of nitrogens with one attached hydrogen (secondary N) is 1. The predicted molar refractivity (Wildman–Crippen MR) is 58.5 cm³/mol. The van der Waals surface area contributed by atoms with E-state index in [0.717, 1.165) is 5.56 Å². The van der Waals surface area contributed by atoms with Crippen molar-refractivity contribution in [1.29, 1.82) is 0 Å². The van der Waals surface area contributed by atoms with Crippen LogP contribution in [0.5, 0.6) is 0 Å². The van der Waals surface area contributed by atoms with E-state index in [2.05, 4.69) is 5.32 Å². The van der Waals surface area contributed by atoms with Crippen molar-refractivity contribution in [2.24, 2.45) is 0 Å². The van der Waals surface area contributed by atoms with E-state index in [-0.39, 0.29) is 5.91 Å². The van der Waals surface area contributed by atoms with E-state index in [1.165, 1.54) is 4.90 Å². The third-order valence-electron chi connectivity index (χ3n) is 2.07. The molecule has 0 fully saturated rings. The van der Waals surface area contributed by atoms with Crippen molar-refractivity contribution >= 4 is 18.0 Å². The zero-order valence-corrected chi connectivity index (χ0v) is 8.86. The summed E-state index contributed by atoms with van der Waals surface area (Å²) in [6.07, 6.45) is 0.906. The van der Waals surface area contributed by atoms with Crippen molar-refractivity contribution in [3.05, 3.63) is 29.8 Å². The van der Waals surface area contributed by atoms with Crippen LogP contribution in [0.4, 0.5) is 5.69 Å². The van der Waals surface area contributed by atoms with E-state index in [0.29, 0.717) is 18.5 Å². The topological polar surface area (TPSA) is 49.4 Å². The van der Waals surface area contributed by atoms with Gasteiger partial charge in [0.15, 0.2) is 0 Å². The van der Waals surface area contributed by atoms with E-state index < -0.39 is 0 Å². The minimum Gasteiger partial charge on any atom is -0.349 e. The molecule has 1 N–H and O–H groups in total. The number of carbonyl (C=O) groups excluding carboxylic acids is 2. The second-order valence-corrected chi connectivity index (χ2v) is 3.38. The molecule has 1 aromatic rings. The number of para-hydroxylation sites is 1. The smallest absolute Gasteiger partial charge is 0.226 e. The Bertz CT molecular complexity index is 361. The summed E-state index contributed by atoms with van der Waals surface area (Å²) in [5.41, 5.74) is 1.51. The van der Waals surface area contributed by atoms with Gasteiger partial charge in [-0.3, -0.25) is 9.59 Å². The summed E-state index contributed by atoms with van der Waals surface area (Å²) >= 11 is 0. The van der Waals surface area contributed by atoms with Crippen LogP contribution in [0.2, 0.25) is 0 Å². The summed E-state index contributed by atoms with van der Waals surface area (Å²) in [4.78, 5) is 23.3. The number of hydrogen-bond acceptors (Lipinski definition) is 2. The largest absolute Gasteiger partial charge is 0.349 e. The molecule has 0 radical (unpaired) electrons. The molecule has 0 saturated carbocycles. The summed E-state index contributed by atoms with van der Waals surface area (Å²) in [6, 6.07) is 7.25. The lowest BCUT2D eigenvalue weighted by Crippen LogP contribution is -2.23. The second-order valence-electron chi connectivity index (χ2n) is 3.38. The van der Waals surface area contributed by atoms with Crippen molar-refractivity contribution in [3.8, 4) is 0 Å². The molecule has 15 heavy (non-hydrogen) atoms. The monoisotopic (exact) mass is 206 g/mol. The molecule has 80 valence electrons. The van der Waals surface area contributed by atoms with Crippen LogP contribution in [0, 0.1) is 0 Å². The number of likely N-dealkylation sites (N-methyl/N-ethyl adjacent to an activating group) is 1. The molecule has 1 aromatic carbocycles. The second kappa shape index (κ2) is 5.14. The lowest BCUT2D eigenvalue weighted by Gasteiger charge is -2.12. The molecule has 0 heterocycles. The fraction of sp³-hybridized carbons (Fsp3) is 0.273. The van der Waals surface area contributed by atoms with Gasteiger partial charge in [0, 0.05) is 19.8 Å². The Morgan fingerprint density at radius 3 is 2.67 bits per heavy atom. The minimum absolute atomic E-state index is 0.00940. The molecule has 0 bridgehead atoms. The van der Waals surface area contributed by atoms with Crippen LogP contribution in [-0.4, -0.2) is 31.3 Å². The van der Waals surface area contributed by atoms with E-state index >= 15 is 0 Å². The van der Waals surface area contributed by atoms with Gasteiger partial charge in [0.05, 0.1) is 6.42 Å². The average molecular weight is 206 g/mol. The van der Waals surface area contributed by atoms with Gasteiger partial charge in [0.1, 0.15) is 0 Å². The van der Waals surface area contributed by atoms with Crippen molar-refractivity contribution in [1.82, 2.24) is 4.90 Å². The lowest BCUT2D eigenvalue weighted by molar-refractivity contribution is -0.127. The summed E-state index contributed by atoms with van der Waals surface area (Å²) in [7, 11) is 3.41.